The molecule has 0 unspecified atom stereocenters. The van der Waals surface area contributed by atoms with Crippen LogP contribution < -0.4 is 15.5 Å². The van der Waals surface area contributed by atoms with Crippen molar-refractivity contribution in [3.8, 4) is 0 Å². The summed E-state index contributed by atoms with van der Waals surface area (Å²) < 4.78 is 0. The van der Waals surface area contributed by atoms with Crippen molar-refractivity contribution >= 4 is 23.2 Å². The largest absolute Gasteiger partial charge is 0.372 e. The molecule has 0 atom stereocenters. The van der Waals surface area contributed by atoms with Gasteiger partial charge in [0.15, 0.2) is 0 Å². The van der Waals surface area contributed by atoms with Gasteiger partial charge in [0.1, 0.15) is 0 Å². The zero-order valence-corrected chi connectivity index (χ0v) is 14.4. The Kier molecular flexibility index (Phi) is 5.33. The number of rotatable bonds is 5. The summed E-state index contributed by atoms with van der Waals surface area (Å²) in [6.45, 7) is 4.17. The number of nitrogens with zero attached hydrogens (tertiary/aromatic N) is 1. The molecule has 3 rings (SSSR count). The highest BCUT2D eigenvalue weighted by molar-refractivity contribution is 6.04. The molecular weight excluding hydrogens is 314 g/mol. The molecule has 1 heterocycles. The first-order valence-corrected chi connectivity index (χ1v) is 8.61. The first-order chi connectivity index (χ1) is 12.1. The average molecular weight is 337 g/mol. The lowest BCUT2D eigenvalue weighted by atomic mass is 10.1. The molecule has 2 aromatic carbocycles. The van der Waals surface area contributed by atoms with E-state index >= 15 is 0 Å². The third-order valence-corrected chi connectivity index (χ3v) is 4.35. The molecule has 0 radical (unpaired) electrons. The third kappa shape index (κ3) is 4.59. The molecule has 1 aliphatic heterocycles. The predicted octanol–water partition coefficient (Wildman–Crippen LogP) is 3.18. The van der Waals surface area contributed by atoms with Crippen molar-refractivity contribution in [1.82, 2.24) is 5.32 Å². The van der Waals surface area contributed by atoms with Gasteiger partial charge in [0.25, 0.3) is 5.91 Å². The highest BCUT2D eigenvalue weighted by Gasteiger charge is 2.12. The van der Waals surface area contributed by atoms with E-state index in [1.165, 1.54) is 25.5 Å². The first kappa shape index (κ1) is 17.0. The minimum atomic E-state index is -0.139. The van der Waals surface area contributed by atoms with Crippen LogP contribution in [-0.4, -0.2) is 24.9 Å². The zero-order chi connectivity index (χ0) is 17.6. The lowest BCUT2D eigenvalue weighted by Gasteiger charge is -2.17. The molecule has 1 saturated heterocycles. The van der Waals surface area contributed by atoms with Crippen LogP contribution in [0.5, 0.6) is 0 Å². The van der Waals surface area contributed by atoms with Gasteiger partial charge in [-0.15, -0.1) is 0 Å². The van der Waals surface area contributed by atoms with E-state index in [0.29, 0.717) is 12.1 Å². The van der Waals surface area contributed by atoms with Gasteiger partial charge in [0.05, 0.1) is 0 Å². The fraction of sp³-hybridized carbons (Fsp3) is 0.300. The van der Waals surface area contributed by atoms with E-state index in [2.05, 4.69) is 27.7 Å². The van der Waals surface area contributed by atoms with Crippen LogP contribution in [0.25, 0.3) is 0 Å². The number of benzene rings is 2. The standard InChI is InChI=1S/C20H23N3O2/c1-15(24)21-14-16-4-6-17(7-5-16)20(25)22-18-8-10-19(11-9-18)23-12-2-3-13-23/h4-11H,2-3,12-14H2,1H3,(H,21,24)(H,22,25). The van der Waals surface area contributed by atoms with E-state index < -0.39 is 0 Å². The third-order valence-electron chi connectivity index (χ3n) is 4.35. The minimum absolute atomic E-state index is 0.0702. The van der Waals surface area contributed by atoms with Crippen LogP contribution in [0.15, 0.2) is 48.5 Å². The van der Waals surface area contributed by atoms with Crippen LogP contribution in [0, 0.1) is 0 Å². The maximum absolute atomic E-state index is 12.3. The Labute approximate surface area is 148 Å². The maximum atomic E-state index is 12.3. The normalized spacial score (nSPS) is 13.6. The summed E-state index contributed by atoms with van der Waals surface area (Å²) in [6.07, 6.45) is 2.49. The molecule has 130 valence electrons. The molecule has 1 aliphatic rings. The molecular formula is C20H23N3O2. The summed E-state index contributed by atoms with van der Waals surface area (Å²) in [4.78, 5) is 25.6. The molecule has 0 aromatic heterocycles. The van der Waals surface area contributed by atoms with E-state index in [-0.39, 0.29) is 11.8 Å². The van der Waals surface area contributed by atoms with E-state index in [9.17, 15) is 9.59 Å². The molecule has 2 amide bonds. The van der Waals surface area contributed by atoms with Gasteiger partial charge < -0.3 is 15.5 Å². The topological polar surface area (TPSA) is 61.4 Å². The Bertz CT molecular complexity index is 733. The second-order valence-electron chi connectivity index (χ2n) is 6.30. The van der Waals surface area contributed by atoms with Gasteiger partial charge >= 0.3 is 0 Å². The molecule has 5 heteroatoms. The molecule has 0 aliphatic carbocycles. The van der Waals surface area contributed by atoms with Gasteiger partial charge in [-0.3, -0.25) is 9.59 Å². The van der Waals surface area contributed by atoms with Gasteiger partial charge in [-0.1, -0.05) is 12.1 Å². The highest BCUT2D eigenvalue weighted by Crippen LogP contribution is 2.22. The zero-order valence-electron chi connectivity index (χ0n) is 14.4. The Balaban J connectivity index is 1.58. The Hall–Kier alpha value is -2.82. The van der Waals surface area contributed by atoms with Crippen LogP contribution in [-0.2, 0) is 11.3 Å². The van der Waals surface area contributed by atoms with Crippen LogP contribution in [0.3, 0.4) is 0 Å². The summed E-state index contributed by atoms with van der Waals surface area (Å²) in [5, 5.41) is 5.65. The lowest BCUT2D eigenvalue weighted by molar-refractivity contribution is -0.119. The van der Waals surface area contributed by atoms with E-state index in [0.717, 1.165) is 24.3 Å². The average Bonchev–Trinajstić information content (AvgIpc) is 3.15. The number of carbonyl (C=O) groups is 2. The number of hydrogen-bond acceptors (Lipinski definition) is 3. The number of hydrogen-bond donors (Lipinski definition) is 2. The molecule has 2 aromatic rings. The van der Waals surface area contributed by atoms with Crippen molar-refractivity contribution in [2.24, 2.45) is 0 Å². The molecule has 0 bridgehead atoms. The minimum Gasteiger partial charge on any atom is -0.372 e. The van der Waals surface area contributed by atoms with Crippen LogP contribution >= 0.6 is 0 Å². The molecule has 0 spiro atoms. The summed E-state index contributed by atoms with van der Waals surface area (Å²) in [5.74, 6) is -0.209. The molecule has 0 saturated carbocycles. The van der Waals surface area contributed by atoms with Crippen molar-refractivity contribution in [2.45, 2.75) is 26.3 Å². The molecule has 5 nitrogen and oxygen atoms in total. The van der Waals surface area contributed by atoms with Crippen LogP contribution in [0.2, 0.25) is 0 Å². The summed E-state index contributed by atoms with van der Waals surface area (Å²) >= 11 is 0. The smallest absolute Gasteiger partial charge is 0.255 e. The predicted molar refractivity (Wildman–Crippen MR) is 99.8 cm³/mol. The Morgan fingerprint density at radius 2 is 1.60 bits per heavy atom. The van der Waals surface area contributed by atoms with Crippen LogP contribution in [0.1, 0.15) is 35.7 Å². The van der Waals surface area contributed by atoms with E-state index in [1.807, 2.05) is 24.3 Å². The van der Waals surface area contributed by atoms with Crippen molar-refractivity contribution in [1.29, 1.82) is 0 Å². The van der Waals surface area contributed by atoms with Crippen molar-refractivity contribution < 1.29 is 9.59 Å². The van der Waals surface area contributed by atoms with Crippen molar-refractivity contribution in [3.63, 3.8) is 0 Å². The van der Waals surface area contributed by atoms with E-state index in [1.54, 1.807) is 12.1 Å². The maximum Gasteiger partial charge on any atom is 0.255 e. The van der Waals surface area contributed by atoms with Gasteiger partial charge in [-0.05, 0) is 54.8 Å². The highest BCUT2D eigenvalue weighted by atomic mass is 16.2. The van der Waals surface area contributed by atoms with Gasteiger partial charge in [-0.2, -0.15) is 0 Å². The van der Waals surface area contributed by atoms with E-state index in [4.69, 9.17) is 0 Å². The van der Waals surface area contributed by atoms with Gasteiger partial charge in [0.2, 0.25) is 5.91 Å². The summed E-state index contributed by atoms with van der Waals surface area (Å²) in [6, 6.07) is 15.2. The van der Waals surface area contributed by atoms with Crippen molar-refractivity contribution in [3.05, 3.63) is 59.7 Å². The lowest BCUT2D eigenvalue weighted by Crippen LogP contribution is -2.19. The summed E-state index contributed by atoms with van der Waals surface area (Å²) in [7, 11) is 0. The number of nitrogens with one attached hydrogen (secondary N) is 2. The Morgan fingerprint density at radius 3 is 2.20 bits per heavy atom. The molecule has 2 N–H and O–H groups in total. The number of carbonyl (C=O) groups excluding carboxylic acids is 2. The second kappa shape index (κ2) is 7.83. The summed E-state index contributed by atoms with van der Waals surface area (Å²) in [5.41, 5.74) is 3.55. The fourth-order valence-electron chi connectivity index (χ4n) is 2.93. The number of amides is 2. The fourth-order valence-corrected chi connectivity index (χ4v) is 2.93. The van der Waals surface area contributed by atoms with Gasteiger partial charge in [-0.25, -0.2) is 0 Å². The molecule has 25 heavy (non-hydrogen) atoms. The van der Waals surface area contributed by atoms with Crippen molar-refractivity contribution in [2.75, 3.05) is 23.3 Å². The number of anilines is 2. The SMILES string of the molecule is CC(=O)NCc1ccc(C(=O)Nc2ccc(N3CCCC3)cc2)cc1. The molecule has 1 fully saturated rings. The first-order valence-electron chi connectivity index (χ1n) is 8.61. The van der Waals surface area contributed by atoms with Crippen LogP contribution in [0.4, 0.5) is 11.4 Å². The second-order valence-corrected chi connectivity index (χ2v) is 6.30. The van der Waals surface area contributed by atoms with Gasteiger partial charge in [0, 0.05) is 43.5 Å². The monoisotopic (exact) mass is 337 g/mol. The quantitative estimate of drug-likeness (QED) is 0.881. The Morgan fingerprint density at radius 1 is 0.960 bits per heavy atom.